The third-order valence-electron chi connectivity index (χ3n) is 6.49. The molecule has 1 aliphatic carbocycles. The quantitative estimate of drug-likeness (QED) is 0.326. The minimum atomic E-state index is -0.0283. The molecule has 2 aliphatic rings. The van der Waals surface area contributed by atoms with Crippen molar-refractivity contribution < 1.29 is 9.53 Å². The van der Waals surface area contributed by atoms with Gasteiger partial charge in [0.15, 0.2) is 5.78 Å². The molecule has 2 atom stereocenters. The Labute approximate surface area is 193 Å². The Morgan fingerprint density at radius 2 is 1.30 bits per heavy atom. The second kappa shape index (κ2) is 8.07. The zero-order valence-corrected chi connectivity index (χ0v) is 18.0. The highest BCUT2D eigenvalue weighted by Crippen LogP contribution is 2.45. The lowest BCUT2D eigenvalue weighted by atomic mass is 9.83. The van der Waals surface area contributed by atoms with Gasteiger partial charge in [-0.3, -0.25) is 4.79 Å². The van der Waals surface area contributed by atoms with Gasteiger partial charge in [0.1, 0.15) is 11.9 Å². The molecule has 0 fully saturated rings. The van der Waals surface area contributed by atoms with E-state index in [9.17, 15) is 4.79 Å². The van der Waals surface area contributed by atoms with Crippen molar-refractivity contribution in [3.05, 3.63) is 144 Å². The van der Waals surface area contributed by atoms with Crippen molar-refractivity contribution in [2.45, 2.75) is 12.0 Å². The molecule has 2 nitrogen and oxygen atoms in total. The summed E-state index contributed by atoms with van der Waals surface area (Å²) in [5.74, 6) is 1.09. The van der Waals surface area contributed by atoms with Gasteiger partial charge >= 0.3 is 0 Å². The topological polar surface area (TPSA) is 26.3 Å². The third-order valence-corrected chi connectivity index (χ3v) is 6.49. The number of allylic oxidation sites excluding steroid dienone is 2. The van der Waals surface area contributed by atoms with Gasteiger partial charge in [-0.1, -0.05) is 115 Å². The Kier molecular flexibility index (Phi) is 4.77. The normalized spacial score (nSPS) is 18.1. The predicted octanol–water partition coefficient (Wildman–Crippen LogP) is 7.08. The van der Waals surface area contributed by atoms with Gasteiger partial charge in [0.05, 0.1) is 0 Å². The van der Waals surface area contributed by atoms with Crippen LogP contribution in [0.3, 0.4) is 0 Å². The maximum absolute atomic E-state index is 13.1. The number of hydrogen-bond donors (Lipinski definition) is 0. The van der Waals surface area contributed by atoms with Crippen LogP contribution in [0, 0.1) is 0 Å². The highest BCUT2D eigenvalue weighted by molar-refractivity contribution is 6.09. The van der Waals surface area contributed by atoms with Crippen LogP contribution in [0.25, 0.3) is 16.7 Å². The summed E-state index contributed by atoms with van der Waals surface area (Å²) in [6.07, 6.45) is 6.40. The molecular weight excluding hydrogens is 404 g/mol. The number of ketones is 1. The van der Waals surface area contributed by atoms with Gasteiger partial charge in [-0.15, -0.1) is 0 Å². The maximum atomic E-state index is 13.1. The fourth-order valence-electron chi connectivity index (χ4n) is 4.75. The van der Waals surface area contributed by atoms with Crippen LogP contribution in [0.1, 0.15) is 33.0 Å². The molecule has 1 aliphatic heterocycles. The van der Waals surface area contributed by atoms with Crippen LogP contribution < -0.4 is 4.74 Å². The van der Waals surface area contributed by atoms with Crippen molar-refractivity contribution in [2.24, 2.45) is 0 Å². The van der Waals surface area contributed by atoms with E-state index in [1.165, 1.54) is 11.1 Å². The molecule has 4 aromatic rings. The van der Waals surface area contributed by atoms with E-state index in [2.05, 4.69) is 48.6 Å². The third kappa shape index (κ3) is 3.50. The van der Waals surface area contributed by atoms with Gasteiger partial charge in [0.2, 0.25) is 0 Å². The molecule has 2 heteroatoms. The number of carbonyl (C=O) groups is 1. The molecule has 158 valence electrons. The smallest absolute Gasteiger partial charge is 0.193 e. The molecule has 0 radical (unpaired) electrons. The van der Waals surface area contributed by atoms with E-state index in [-0.39, 0.29) is 17.8 Å². The summed E-state index contributed by atoms with van der Waals surface area (Å²) < 4.78 is 6.29. The van der Waals surface area contributed by atoms with E-state index in [4.69, 9.17) is 4.74 Å². The molecule has 2 unspecified atom stereocenters. The highest BCUT2D eigenvalue weighted by atomic mass is 16.5. The van der Waals surface area contributed by atoms with E-state index < -0.39 is 0 Å². The van der Waals surface area contributed by atoms with E-state index in [1.54, 1.807) is 0 Å². The van der Waals surface area contributed by atoms with Gasteiger partial charge < -0.3 is 4.74 Å². The molecule has 33 heavy (non-hydrogen) atoms. The molecule has 4 aromatic carbocycles. The molecule has 0 saturated heterocycles. The first-order valence-corrected chi connectivity index (χ1v) is 11.2. The monoisotopic (exact) mass is 426 g/mol. The van der Waals surface area contributed by atoms with Crippen LogP contribution in [-0.4, -0.2) is 11.9 Å². The molecule has 0 saturated carbocycles. The van der Waals surface area contributed by atoms with Crippen molar-refractivity contribution in [1.82, 2.24) is 0 Å². The van der Waals surface area contributed by atoms with Crippen LogP contribution in [0.2, 0.25) is 0 Å². The van der Waals surface area contributed by atoms with Crippen molar-refractivity contribution in [1.29, 1.82) is 0 Å². The average molecular weight is 427 g/mol. The fourth-order valence-corrected chi connectivity index (χ4v) is 4.75. The van der Waals surface area contributed by atoms with Crippen molar-refractivity contribution in [2.75, 3.05) is 0 Å². The summed E-state index contributed by atoms with van der Waals surface area (Å²) in [7, 11) is 0. The lowest BCUT2D eigenvalue weighted by Crippen LogP contribution is -2.23. The fraction of sp³-hybridized carbons (Fsp3) is 0.0645. The standard InChI is InChI=1S/C31H22O2/c32-30(24-17-13-22(14-18-24)21-7-2-1-3-8-21)25-19-15-23(16-20-25)26-10-6-11-28-27-9-4-5-12-29(27)33-31(26)28/h1-20,26,31H. The molecule has 1 heterocycles. The second-order valence-electron chi connectivity index (χ2n) is 8.46. The SMILES string of the molecule is O=C(c1ccc(-c2ccccc2)cc1)c1ccc(C2C=CC=C3c4ccccc4OC32)cc1. The summed E-state index contributed by atoms with van der Waals surface area (Å²) in [6, 6.07) is 34.2. The molecule has 0 bridgehead atoms. The first kappa shape index (κ1) is 19.5. The Bertz CT molecular complexity index is 1380. The van der Waals surface area contributed by atoms with Gasteiger partial charge in [0.25, 0.3) is 0 Å². The Balaban J connectivity index is 1.22. The first-order valence-electron chi connectivity index (χ1n) is 11.2. The number of benzene rings is 4. The van der Waals surface area contributed by atoms with Gasteiger partial charge in [-0.25, -0.2) is 0 Å². The van der Waals surface area contributed by atoms with Crippen molar-refractivity contribution in [3.63, 3.8) is 0 Å². The molecule has 0 amide bonds. The largest absolute Gasteiger partial charge is 0.484 e. The number of para-hydroxylation sites is 1. The van der Waals surface area contributed by atoms with E-state index in [1.807, 2.05) is 72.8 Å². The maximum Gasteiger partial charge on any atom is 0.193 e. The number of hydrogen-bond acceptors (Lipinski definition) is 2. The summed E-state index contributed by atoms with van der Waals surface area (Å²) >= 11 is 0. The van der Waals surface area contributed by atoms with Crippen LogP contribution in [0.15, 0.2) is 121 Å². The Hall–Kier alpha value is -4.17. The molecule has 0 aromatic heterocycles. The molecular formula is C31H22O2. The van der Waals surface area contributed by atoms with E-state index in [0.29, 0.717) is 11.1 Å². The lowest BCUT2D eigenvalue weighted by molar-refractivity contribution is 0.103. The molecule has 0 spiro atoms. The minimum Gasteiger partial charge on any atom is -0.484 e. The van der Waals surface area contributed by atoms with Crippen LogP contribution >= 0.6 is 0 Å². The summed E-state index contributed by atoms with van der Waals surface area (Å²) in [5, 5.41) is 0. The average Bonchev–Trinajstić information content (AvgIpc) is 3.28. The van der Waals surface area contributed by atoms with Crippen LogP contribution in [0.4, 0.5) is 0 Å². The zero-order chi connectivity index (χ0) is 22.2. The summed E-state index contributed by atoms with van der Waals surface area (Å²) in [6.45, 7) is 0. The number of fused-ring (bicyclic) bond motifs is 3. The first-order chi connectivity index (χ1) is 16.3. The highest BCUT2D eigenvalue weighted by Gasteiger charge is 2.35. The summed E-state index contributed by atoms with van der Waals surface area (Å²) in [4.78, 5) is 13.1. The number of rotatable bonds is 4. The minimum absolute atomic E-state index is 0.0283. The number of ether oxygens (including phenoxy) is 1. The van der Waals surface area contributed by atoms with Gasteiger partial charge in [-0.05, 0) is 22.8 Å². The number of carbonyl (C=O) groups excluding carboxylic acids is 1. The lowest BCUT2D eigenvalue weighted by Gasteiger charge is -2.24. The zero-order valence-electron chi connectivity index (χ0n) is 18.0. The van der Waals surface area contributed by atoms with Gasteiger partial charge in [0, 0.05) is 28.2 Å². The molecule has 0 N–H and O–H groups in total. The summed E-state index contributed by atoms with van der Waals surface area (Å²) in [5.41, 5.74) is 7.17. The van der Waals surface area contributed by atoms with Gasteiger partial charge in [-0.2, -0.15) is 0 Å². The van der Waals surface area contributed by atoms with Crippen molar-refractivity contribution in [3.8, 4) is 16.9 Å². The predicted molar refractivity (Wildman–Crippen MR) is 132 cm³/mol. The Morgan fingerprint density at radius 3 is 2.06 bits per heavy atom. The second-order valence-corrected chi connectivity index (χ2v) is 8.46. The van der Waals surface area contributed by atoms with Crippen LogP contribution in [-0.2, 0) is 0 Å². The van der Waals surface area contributed by atoms with E-state index in [0.717, 1.165) is 22.4 Å². The van der Waals surface area contributed by atoms with Crippen molar-refractivity contribution >= 4 is 11.4 Å². The van der Waals surface area contributed by atoms with Crippen LogP contribution in [0.5, 0.6) is 5.75 Å². The van der Waals surface area contributed by atoms with E-state index >= 15 is 0 Å². The Morgan fingerprint density at radius 1 is 0.667 bits per heavy atom. The molecule has 6 rings (SSSR count).